The molecule has 0 amide bonds. The second-order valence-corrected chi connectivity index (χ2v) is 4.28. The van der Waals surface area contributed by atoms with Gasteiger partial charge in [0.1, 0.15) is 11.3 Å². The summed E-state index contributed by atoms with van der Waals surface area (Å²) in [7, 11) is 0. The standard InChI is InChI=1S/C14H12FN3O/c1-8-17-13-5-3-10(7-14(13)19-8)18-9-2-4-12(16)11(15)6-9/h2-7,18H,16H2,1H3. The summed E-state index contributed by atoms with van der Waals surface area (Å²) in [6.45, 7) is 1.79. The van der Waals surface area contributed by atoms with Crippen molar-refractivity contribution in [1.82, 2.24) is 4.98 Å². The molecular weight excluding hydrogens is 245 g/mol. The highest BCUT2D eigenvalue weighted by atomic mass is 19.1. The summed E-state index contributed by atoms with van der Waals surface area (Å²) in [6.07, 6.45) is 0. The molecule has 5 heteroatoms. The molecule has 4 nitrogen and oxygen atoms in total. The van der Waals surface area contributed by atoms with Crippen LogP contribution in [0.5, 0.6) is 0 Å². The Bertz CT molecular complexity index is 752. The van der Waals surface area contributed by atoms with E-state index in [1.165, 1.54) is 12.1 Å². The molecule has 0 fully saturated rings. The maximum absolute atomic E-state index is 13.3. The summed E-state index contributed by atoms with van der Waals surface area (Å²) < 4.78 is 18.8. The van der Waals surface area contributed by atoms with E-state index in [0.29, 0.717) is 17.2 Å². The average Bonchev–Trinajstić information content (AvgIpc) is 2.73. The lowest BCUT2D eigenvalue weighted by Crippen LogP contribution is -1.94. The summed E-state index contributed by atoms with van der Waals surface area (Å²) in [5.41, 5.74) is 8.48. The number of fused-ring (bicyclic) bond motifs is 1. The van der Waals surface area contributed by atoms with Crippen LogP contribution in [-0.4, -0.2) is 4.98 Å². The Balaban J connectivity index is 1.93. The molecule has 0 bridgehead atoms. The summed E-state index contributed by atoms with van der Waals surface area (Å²) in [5.74, 6) is 0.173. The number of nitrogens with one attached hydrogen (secondary N) is 1. The zero-order valence-corrected chi connectivity index (χ0v) is 10.3. The Morgan fingerprint density at radius 3 is 2.68 bits per heavy atom. The maximum Gasteiger partial charge on any atom is 0.192 e. The van der Waals surface area contributed by atoms with Crippen molar-refractivity contribution in [2.24, 2.45) is 0 Å². The van der Waals surface area contributed by atoms with Crippen LogP contribution in [0.15, 0.2) is 40.8 Å². The first-order valence-corrected chi connectivity index (χ1v) is 5.81. The zero-order chi connectivity index (χ0) is 13.4. The van der Waals surface area contributed by atoms with Crippen LogP contribution in [0.4, 0.5) is 21.5 Å². The summed E-state index contributed by atoms with van der Waals surface area (Å²) in [5, 5.41) is 3.09. The van der Waals surface area contributed by atoms with E-state index in [1.807, 2.05) is 18.2 Å². The molecule has 0 aliphatic carbocycles. The minimum absolute atomic E-state index is 0.131. The summed E-state index contributed by atoms with van der Waals surface area (Å²) in [4.78, 5) is 4.22. The number of aryl methyl sites for hydroxylation is 1. The number of anilines is 3. The summed E-state index contributed by atoms with van der Waals surface area (Å²) >= 11 is 0. The van der Waals surface area contributed by atoms with Crippen molar-refractivity contribution < 1.29 is 8.81 Å². The number of hydrogen-bond donors (Lipinski definition) is 2. The van der Waals surface area contributed by atoms with Gasteiger partial charge in [0.05, 0.1) is 5.69 Å². The molecule has 1 heterocycles. The molecule has 3 N–H and O–H groups in total. The van der Waals surface area contributed by atoms with Crippen molar-refractivity contribution in [1.29, 1.82) is 0 Å². The number of nitrogens with two attached hydrogens (primary N) is 1. The molecule has 2 aromatic carbocycles. The van der Waals surface area contributed by atoms with Gasteiger partial charge in [0.15, 0.2) is 11.5 Å². The molecule has 3 aromatic rings. The van der Waals surface area contributed by atoms with E-state index in [0.717, 1.165) is 11.2 Å². The highest BCUT2D eigenvalue weighted by molar-refractivity contribution is 5.78. The Morgan fingerprint density at radius 1 is 1.16 bits per heavy atom. The lowest BCUT2D eigenvalue weighted by molar-refractivity contribution is 0.561. The maximum atomic E-state index is 13.3. The van der Waals surface area contributed by atoms with Gasteiger partial charge in [0.2, 0.25) is 0 Å². The van der Waals surface area contributed by atoms with E-state index >= 15 is 0 Å². The van der Waals surface area contributed by atoms with Crippen molar-refractivity contribution >= 4 is 28.2 Å². The third-order valence-electron chi connectivity index (χ3n) is 2.78. The van der Waals surface area contributed by atoms with Crippen LogP contribution in [-0.2, 0) is 0 Å². The predicted molar refractivity (Wildman–Crippen MR) is 72.8 cm³/mol. The molecule has 0 unspecified atom stereocenters. The van der Waals surface area contributed by atoms with E-state index in [4.69, 9.17) is 10.2 Å². The molecule has 96 valence electrons. The van der Waals surface area contributed by atoms with Gasteiger partial charge in [0, 0.05) is 24.4 Å². The first kappa shape index (κ1) is 11.5. The largest absolute Gasteiger partial charge is 0.441 e. The van der Waals surface area contributed by atoms with Gasteiger partial charge >= 0.3 is 0 Å². The Labute approximate surface area is 109 Å². The number of oxazole rings is 1. The number of rotatable bonds is 2. The molecule has 0 saturated carbocycles. The van der Waals surface area contributed by atoms with E-state index < -0.39 is 5.82 Å². The van der Waals surface area contributed by atoms with Crippen LogP contribution in [0.3, 0.4) is 0 Å². The van der Waals surface area contributed by atoms with Crippen LogP contribution >= 0.6 is 0 Å². The molecule has 0 atom stereocenters. The third kappa shape index (κ3) is 2.22. The van der Waals surface area contributed by atoms with Crippen LogP contribution < -0.4 is 11.1 Å². The monoisotopic (exact) mass is 257 g/mol. The predicted octanol–water partition coefficient (Wildman–Crippen LogP) is 3.60. The smallest absolute Gasteiger partial charge is 0.192 e. The minimum Gasteiger partial charge on any atom is -0.441 e. The van der Waals surface area contributed by atoms with E-state index in [9.17, 15) is 4.39 Å². The van der Waals surface area contributed by atoms with Crippen molar-refractivity contribution in [3.63, 3.8) is 0 Å². The van der Waals surface area contributed by atoms with Gasteiger partial charge in [-0.15, -0.1) is 0 Å². The molecule has 0 saturated heterocycles. The molecule has 0 aliphatic rings. The fourth-order valence-corrected chi connectivity index (χ4v) is 1.89. The van der Waals surface area contributed by atoms with Crippen LogP contribution in [0, 0.1) is 12.7 Å². The summed E-state index contributed by atoms with van der Waals surface area (Å²) in [6, 6.07) is 10.1. The molecule has 0 spiro atoms. The number of nitrogen functional groups attached to an aromatic ring is 1. The van der Waals surface area contributed by atoms with E-state index in [-0.39, 0.29) is 5.69 Å². The van der Waals surface area contributed by atoms with Gasteiger partial charge in [0.25, 0.3) is 0 Å². The molecule has 0 aliphatic heterocycles. The van der Waals surface area contributed by atoms with Crippen LogP contribution in [0.2, 0.25) is 0 Å². The molecular formula is C14H12FN3O. The molecule has 3 rings (SSSR count). The van der Waals surface area contributed by atoms with Crippen LogP contribution in [0.25, 0.3) is 11.1 Å². The number of halogens is 1. The normalized spacial score (nSPS) is 10.8. The SMILES string of the molecule is Cc1nc2ccc(Nc3ccc(N)c(F)c3)cc2o1. The number of benzene rings is 2. The lowest BCUT2D eigenvalue weighted by atomic mass is 10.2. The zero-order valence-electron chi connectivity index (χ0n) is 10.3. The highest BCUT2D eigenvalue weighted by Crippen LogP contribution is 2.24. The van der Waals surface area contributed by atoms with Crippen LogP contribution in [0.1, 0.15) is 5.89 Å². The van der Waals surface area contributed by atoms with E-state index in [2.05, 4.69) is 10.3 Å². The van der Waals surface area contributed by atoms with Gasteiger partial charge in [-0.05, 0) is 30.3 Å². The van der Waals surface area contributed by atoms with Gasteiger partial charge in [-0.2, -0.15) is 0 Å². The van der Waals surface area contributed by atoms with Crippen molar-refractivity contribution in [2.45, 2.75) is 6.92 Å². The average molecular weight is 257 g/mol. The highest BCUT2D eigenvalue weighted by Gasteiger charge is 2.04. The molecule has 0 radical (unpaired) electrons. The topological polar surface area (TPSA) is 64.1 Å². The second kappa shape index (κ2) is 4.28. The number of hydrogen-bond acceptors (Lipinski definition) is 4. The second-order valence-electron chi connectivity index (χ2n) is 4.28. The quantitative estimate of drug-likeness (QED) is 0.688. The van der Waals surface area contributed by atoms with E-state index in [1.54, 1.807) is 13.0 Å². The third-order valence-corrected chi connectivity index (χ3v) is 2.78. The Kier molecular flexibility index (Phi) is 2.59. The fourth-order valence-electron chi connectivity index (χ4n) is 1.89. The number of aromatic nitrogens is 1. The van der Waals surface area contributed by atoms with Gasteiger partial charge in [-0.25, -0.2) is 9.37 Å². The Morgan fingerprint density at radius 2 is 1.89 bits per heavy atom. The first-order chi connectivity index (χ1) is 9.11. The van der Waals surface area contributed by atoms with Gasteiger partial charge in [-0.1, -0.05) is 0 Å². The number of nitrogens with zero attached hydrogens (tertiary/aromatic N) is 1. The lowest BCUT2D eigenvalue weighted by Gasteiger charge is -2.07. The van der Waals surface area contributed by atoms with Crippen molar-refractivity contribution in [2.75, 3.05) is 11.1 Å². The Hall–Kier alpha value is -2.56. The van der Waals surface area contributed by atoms with Gasteiger partial charge < -0.3 is 15.5 Å². The fraction of sp³-hybridized carbons (Fsp3) is 0.0714. The molecule has 1 aromatic heterocycles. The minimum atomic E-state index is -0.443. The van der Waals surface area contributed by atoms with Crippen molar-refractivity contribution in [3.8, 4) is 0 Å². The van der Waals surface area contributed by atoms with Gasteiger partial charge in [-0.3, -0.25) is 0 Å². The molecule has 19 heavy (non-hydrogen) atoms. The van der Waals surface area contributed by atoms with Crippen molar-refractivity contribution in [3.05, 3.63) is 48.1 Å². The first-order valence-electron chi connectivity index (χ1n) is 5.81.